The molecule has 1 aromatic carbocycles. The zero-order valence-electron chi connectivity index (χ0n) is 11.6. The fraction of sp³-hybridized carbons (Fsp3) is 0.231. The molecule has 0 spiro atoms. The third kappa shape index (κ3) is 2.73. The summed E-state index contributed by atoms with van der Waals surface area (Å²) < 4.78 is 3.55. The number of imidazole rings is 1. The SMILES string of the molecule is CC(Nc1cc(-n2cnnn2)ccc1Cl)c1nccn1C. The first-order valence-corrected chi connectivity index (χ1v) is 6.79. The van der Waals surface area contributed by atoms with Gasteiger partial charge in [-0.25, -0.2) is 9.67 Å². The Kier molecular flexibility index (Phi) is 3.57. The zero-order chi connectivity index (χ0) is 14.8. The molecule has 0 fully saturated rings. The Labute approximate surface area is 126 Å². The van der Waals surface area contributed by atoms with Crippen LogP contribution in [0.1, 0.15) is 18.8 Å². The van der Waals surface area contributed by atoms with Crippen molar-refractivity contribution < 1.29 is 0 Å². The summed E-state index contributed by atoms with van der Waals surface area (Å²) in [5, 5.41) is 15.1. The lowest BCUT2D eigenvalue weighted by atomic mass is 10.2. The molecule has 0 aliphatic carbocycles. The van der Waals surface area contributed by atoms with E-state index in [1.54, 1.807) is 10.9 Å². The van der Waals surface area contributed by atoms with Gasteiger partial charge in [0.2, 0.25) is 0 Å². The second-order valence-electron chi connectivity index (χ2n) is 4.68. The lowest BCUT2D eigenvalue weighted by Crippen LogP contribution is -2.12. The van der Waals surface area contributed by atoms with Gasteiger partial charge >= 0.3 is 0 Å². The van der Waals surface area contributed by atoms with Gasteiger partial charge < -0.3 is 9.88 Å². The Balaban J connectivity index is 1.88. The van der Waals surface area contributed by atoms with Gasteiger partial charge in [0.1, 0.15) is 12.2 Å². The summed E-state index contributed by atoms with van der Waals surface area (Å²) in [6, 6.07) is 5.59. The molecule has 0 radical (unpaired) electrons. The number of benzene rings is 1. The van der Waals surface area contributed by atoms with Crippen molar-refractivity contribution in [1.82, 2.24) is 29.8 Å². The quantitative estimate of drug-likeness (QED) is 0.800. The maximum absolute atomic E-state index is 6.25. The van der Waals surface area contributed by atoms with Gasteiger partial charge in [-0.05, 0) is 35.5 Å². The van der Waals surface area contributed by atoms with Gasteiger partial charge in [0.25, 0.3) is 0 Å². The largest absolute Gasteiger partial charge is 0.374 e. The molecule has 7 nitrogen and oxygen atoms in total. The predicted octanol–water partition coefficient (Wildman–Crippen LogP) is 2.22. The van der Waals surface area contributed by atoms with E-state index in [9.17, 15) is 0 Å². The first-order valence-electron chi connectivity index (χ1n) is 6.42. The highest BCUT2D eigenvalue weighted by atomic mass is 35.5. The van der Waals surface area contributed by atoms with E-state index < -0.39 is 0 Å². The molecule has 0 saturated heterocycles. The van der Waals surface area contributed by atoms with Gasteiger partial charge in [0.15, 0.2) is 0 Å². The molecule has 108 valence electrons. The van der Waals surface area contributed by atoms with Gasteiger partial charge in [0.05, 0.1) is 22.4 Å². The average Bonchev–Trinajstić information content (AvgIpc) is 3.12. The second kappa shape index (κ2) is 5.53. The molecule has 0 aliphatic heterocycles. The molecule has 3 rings (SSSR count). The Morgan fingerprint density at radius 2 is 2.19 bits per heavy atom. The topological polar surface area (TPSA) is 73.5 Å². The van der Waals surface area contributed by atoms with Crippen LogP contribution in [0.4, 0.5) is 5.69 Å². The first-order chi connectivity index (χ1) is 10.1. The molecule has 8 heteroatoms. The molecule has 2 heterocycles. The Morgan fingerprint density at radius 3 is 2.86 bits per heavy atom. The third-order valence-electron chi connectivity index (χ3n) is 3.18. The molecule has 1 unspecified atom stereocenters. The fourth-order valence-corrected chi connectivity index (χ4v) is 2.31. The molecule has 1 atom stereocenters. The lowest BCUT2D eigenvalue weighted by molar-refractivity contribution is 0.721. The predicted molar refractivity (Wildman–Crippen MR) is 79.4 cm³/mol. The van der Waals surface area contributed by atoms with Gasteiger partial charge in [-0.1, -0.05) is 11.6 Å². The van der Waals surface area contributed by atoms with E-state index in [-0.39, 0.29) is 6.04 Å². The molecule has 21 heavy (non-hydrogen) atoms. The van der Waals surface area contributed by atoms with Crippen LogP contribution in [0.3, 0.4) is 0 Å². The molecule has 0 aliphatic rings. The second-order valence-corrected chi connectivity index (χ2v) is 5.09. The number of anilines is 1. The number of aromatic nitrogens is 6. The number of nitrogens with zero attached hydrogens (tertiary/aromatic N) is 6. The first kappa shape index (κ1) is 13.6. The van der Waals surface area contributed by atoms with Gasteiger partial charge in [-0.2, -0.15) is 0 Å². The van der Waals surface area contributed by atoms with E-state index in [1.807, 2.05) is 42.9 Å². The van der Waals surface area contributed by atoms with Crippen molar-refractivity contribution in [2.24, 2.45) is 7.05 Å². The fourth-order valence-electron chi connectivity index (χ4n) is 2.14. The standard InChI is InChI=1S/C13H14ClN7/c1-9(13-15-5-6-20(13)2)17-12-7-10(3-4-11(12)14)21-8-16-18-19-21/h3-9,17H,1-2H3. The van der Waals surface area contributed by atoms with Gasteiger partial charge in [-0.3, -0.25) is 0 Å². The minimum absolute atomic E-state index is 0.0200. The van der Waals surface area contributed by atoms with Crippen LogP contribution in [0, 0.1) is 0 Å². The number of aryl methyl sites for hydroxylation is 1. The zero-order valence-corrected chi connectivity index (χ0v) is 12.4. The van der Waals surface area contributed by atoms with Crippen LogP contribution >= 0.6 is 11.6 Å². The van der Waals surface area contributed by atoms with Crippen molar-refractivity contribution in [1.29, 1.82) is 0 Å². The number of hydrogen-bond donors (Lipinski definition) is 1. The molecule has 1 N–H and O–H groups in total. The highest BCUT2D eigenvalue weighted by Crippen LogP contribution is 2.27. The van der Waals surface area contributed by atoms with E-state index in [0.29, 0.717) is 5.02 Å². The number of hydrogen-bond acceptors (Lipinski definition) is 5. The van der Waals surface area contributed by atoms with Crippen molar-refractivity contribution in [3.05, 3.63) is 47.8 Å². The summed E-state index contributed by atoms with van der Waals surface area (Å²) >= 11 is 6.25. The van der Waals surface area contributed by atoms with Gasteiger partial charge in [0, 0.05) is 19.4 Å². The summed E-state index contributed by atoms with van der Waals surface area (Å²) in [6.07, 6.45) is 5.22. The summed E-state index contributed by atoms with van der Waals surface area (Å²) in [4.78, 5) is 4.33. The Hall–Kier alpha value is -2.41. The monoisotopic (exact) mass is 303 g/mol. The van der Waals surface area contributed by atoms with Crippen LogP contribution in [0.15, 0.2) is 36.9 Å². The number of tetrazole rings is 1. The Bertz CT molecular complexity index is 735. The van der Waals surface area contributed by atoms with E-state index in [1.165, 1.54) is 6.33 Å². The summed E-state index contributed by atoms with van der Waals surface area (Å²) in [5.41, 5.74) is 1.64. The summed E-state index contributed by atoms with van der Waals surface area (Å²) in [7, 11) is 1.96. The number of halogens is 1. The Morgan fingerprint density at radius 1 is 1.33 bits per heavy atom. The van der Waals surface area contributed by atoms with E-state index in [2.05, 4.69) is 25.8 Å². The highest BCUT2D eigenvalue weighted by molar-refractivity contribution is 6.33. The molecule has 3 aromatic rings. The van der Waals surface area contributed by atoms with Crippen molar-refractivity contribution in [3.63, 3.8) is 0 Å². The van der Waals surface area contributed by atoms with Gasteiger partial charge in [-0.15, -0.1) is 5.10 Å². The molecule has 0 amide bonds. The number of rotatable bonds is 4. The smallest absolute Gasteiger partial charge is 0.143 e. The number of nitrogens with one attached hydrogen (secondary N) is 1. The molecule has 0 bridgehead atoms. The van der Waals surface area contributed by atoms with Crippen LogP contribution < -0.4 is 5.32 Å². The highest BCUT2D eigenvalue weighted by Gasteiger charge is 2.12. The average molecular weight is 304 g/mol. The minimum atomic E-state index is 0.0200. The summed E-state index contributed by atoms with van der Waals surface area (Å²) in [5.74, 6) is 0.930. The molecule has 2 aromatic heterocycles. The van der Waals surface area contributed by atoms with E-state index >= 15 is 0 Å². The van der Waals surface area contributed by atoms with Crippen LogP contribution in [0.2, 0.25) is 5.02 Å². The van der Waals surface area contributed by atoms with Crippen molar-refractivity contribution in [2.45, 2.75) is 13.0 Å². The summed E-state index contributed by atoms with van der Waals surface area (Å²) in [6.45, 7) is 2.03. The van der Waals surface area contributed by atoms with Crippen molar-refractivity contribution >= 4 is 17.3 Å². The van der Waals surface area contributed by atoms with Crippen LogP contribution in [0.5, 0.6) is 0 Å². The minimum Gasteiger partial charge on any atom is -0.374 e. The van der Waals surface area contributed by atoms with E-state index in [4.69, 9.17) is 11.6 Å². The molecular formula is C13H14ClN7. The maximum Gasteiger partial charge on any atom is 0.143 e. The normalized spacial score (nSPS) is 12.3. The maximum atomic E-state index is 6.25. The van der Waals surface area contributed by atoms with E-state index in [0.717, 1.165) is 17.2 Å². The van der Waals surface area contributed by atoms with Crippen LogP contribution in [0.25, 0.3) is 5.69 Å². The lowest BCUT2D eigenvalue weighted by Gasteiger charge is -2.17. The third-order valence-corrected chi connectivity index (χ3v) is 3.51. The molecular weight excluding hydrogens is 290 g/mol. The molecule has 0 saturated carbocycles. The van der Waals surface area contributed by atoms with Crippen molar-refractivity contribution in [3.8, 4) is 5.69 Å². The van der Waals surface area contributed by atoms with Crippen LogP contribution in [-0.4, -0.2) is 29.8 Å². The van der Waals surface area contributed by atoms with Crippen molar-refractivity contribution in [2.75, 3.05) is 5.32 Å². The van der Waals surface area contributed by atoms with Crippen LogP contribution in [-0.2, 0) is 7.05 Å².